The van der Waals surface area contributed by atoms with Crippen LogP contribution in [-0.2, 0) is 0 Å². The summed E-state index contributed by atoms with van der Waals surface area (Å²) in [4.78, 5) is 0. The van der Waals surface area contributed by atoms with Gasteiger partial charge in [-0.15, -0.1) is 0 Å². The SMILES string of the molecule is c1ccc(-c2c3ccccc3c(-c3cc(-c4ccc5c(c4)oc4cc6ccccc6cc45)cc4oc5cc6ccccc6cc5c34)c3ccccc23)cc1. The van der Waals surface area contributed by atoms with Crippen molar-refractivity contribution in [3.8, 4) is 33.4 Å². The maximum atomic E-state index is 6.86. The molecule has 0 saturated heterocycles. The predicted molar refractivity (Wildman–Crippen MR) is 227 cm³/mol. The Morgan fingerprint density at radius 1 is 0.259 bits per heavy atom. The lowest BCUT2D eigenvalue weighted by Crippen LogP contribution is -1.92. The number of furan rings is 2. The van der Waals surface area contributed by atoms with Crippen LogP contribution in [0.2, 0.25) is 0 Å². The standard InChI is InChI=1S/C52H30O2/c1-2-12-31(13-3-1)50-39-18-8-10-20-41(39)51(42-21-11-9-19-40(42)50)45-26-37(30-49-52(45)44-25-33-15-5-7-17-35(33)28-48(44)54-49)36-22-23-38-43-24-32-14-4-6-16-34(32)27-47(43)53-46(38)29-36/h1-30H. The second kappa shape index (κ2) is 11.2. The van der Waals surface area contributed by atoms with Crippen LogP contribution in [0.15, 0.2) is 191 Å². The number of hydrogen-bond donors (Lipinski definition) is 0. The molecule has 12 aromatic rings. The molecule has 0 amide bonds. The Morgan fingerprint density at radius 2 is 0.741 bits per heavy atom. The summed E-state index contributed by atoms with van der Waals surface area (Å²) in [6, 6.07) is 65.6. The normalized spacial score (nSPS) is 12.1. The number of benzene rings is 10. The van der Waals surface area contributed by atoms with Crippen LogP contribution in [0, 0.1) is 0 Å². The summed E-state index contributed by atoms with van der Waals surface area (Å²) >= 11 is 0. The Balaban J connectivity index is 1.19. The molecule has 0 radical (unpaired) electrons. The van der Waals surface area contributed by atoms with E-state index in [1.54, 1.807) is 0 Å². The second-order valence-electron chi connectivity index (χ2n) is 14.4. The summed E-state index contributed by atoms with van der Waals surface area (Å²) in [5.74, 6) is 0. The summed E-state index contributed by atoms with van der Waals surface area (Å²) in [6.45, 7) is 0. The molecule has 2 heterocycles. The van der Waals surface area contributed by atoms with E-state index in [0.717, 1.165) is 66.0 Å². The lowest BCUT2D eigenvalue weighted by atomic mass is 9.84. The summed E-state index contributed by atoms with van der Waals surface area (Å²) in [5, 5.41) is 14.1. The molecule has 0 saturated carbocycles. The van der Waals surface area contributed by atoms with Gasteiger partial charge >= 0.3 is 0 Å². The van der Waals surface area contributed by atoms with Gasteiger partial charge in [0.15, 0.2) is 0 Å². The number of hydrogen-bond acceptors (Lipinski definition) is 2. The van der Waals surface area contributed by atoms with E-state index < -0.39 is 0 Å². The molecule has 0 fully saturated rings. The number of fused-ring (bicyclic) bond motifs is 10. The quantitative estimate of drug-likeness (QED) is 0.173. The third kappa shape index (κ3) is 4.28. The zero-order valence-electron chi connectivity index (χ0n) is 29.1. The zero-order valence-corrected chi connectivity index (χ0v) is 29.1. The molecule has 0 N–H and O–H groups in total. The Morgan fingerprint density at radius 3 is 1.39 bits per heavy atom. The largest absolute Gasteiger partial charge is 0.456 e. The highest BCUT2D eigenvalue weighted by Crippen LogP contribution is 2.49. The predicted octanol–water partition coefficient (Wildman–Crippen LogP) is 15.1. The van der Waals surface area contributed by atoms with Crippen molar-refractivity contribution >= 4 is 87.0 Å². The molecule has 0 aliphatic heterocycles. The fraction of sp³-hybridized carbons (Fsp3) is 0. The highest BCUT2D eigenvalue weighted by atomic mass is 16.3. The minimum atomic E-state index is 0.865. The zero-order chi connectivity index (χ0) is 35.3. The Bertz CT molecular complexity index is 3430. The molecule has 54 heavy (non-hydrogen) atoms. The highest BCUT2D eigenvalue weighted by molar-refractivity contribution is 6.26. The van der Waals surface area contributed by atoms with Crippen molar-refractivity contribution in [3.63, 3.8) is 0 Å². The van der Waals surface area contributed by atoms with Crippen LogP contribution < -0.4 is 0 Å². The van der Waals surface area contributed by atoms with Crippen LogP contribution in [0.5, 0.6) is 0 Å². The van der Waals surface area contributed by atoms with Crippen LogP contribution in [0.3, 0.4) is 0 Å². The average Bonchev–Trinajstić information content (AvgIpc) is 3.77. The summed E-state index contributed by atoms with van der Waals surface area (Å²) in [5.41, 5.74) is 10.5. The van der Waals surface area contributed by atoms with Gasteiger partial charge in [-0.05, 0) is 125 Å². The molecule has 0 aliphatic rings. The lowest BCUT2D eigenvalue weighted by molar-refractivity contribution is 0.668. The fourth-order valence-corrected chi connectivity index (χ4v) is 8.93. The Hall–Kier alpha value is -7.16. The van der Waals surface area contributed by atoms with E-state index in [1.807, 2.05) is 0 Å². The van der Waals surface area contributed by atoms with E-state index in [2.05, 4.69) is 182 Å². The maximum Gasteiger partial charge on any atom is 0.136 e. The smallest absolute Gasteiger partial charge is 0.136 e. The van der Waals surface area contributed by atoms with Crippen LogP contribution in [0.25, 0.3) is 120 Å². The van der Waals surface area contributed by atoms with Crippen molar-refractivity contribution in [1.29, 1.82) is 0 Å². The van der Waals surface area contributed by atoms with Gasteiger partial charge < -0.3 is 8.83 Å². The molecule has 10 aromatic carbocycles. The van der Waals surface area contributed by atoms with Crippen LogP contribution in [-0.4, -0.2) is 0 Å². The molecule has 0 bridgehead atoms. The highest BCUT2D eigenvalue weighted by Gasteiger charge is 2.22. The molecule has 2 nitrogen and oxygen atoms in total. The third-order valence-electron chi connectivity index (χ3n) is 11.4. The summed E-state index contributed by atoms with van der Waals surface area (Å²) in [6.07, 6.45) is 0. The molecule has 0 spiro atoms. The van der Waals surface area contributed by atoms with Crippen LogP contribution in [0.1, 0.15) is 0 Å². The van der Waals surface area contributed by atoms with Crippen molar-refractivity contribution in [2.24, 2.45) is 0 Å². The van der Waals surface area contributed by atoms with E-state index in [4.69, 9.17) is 8.83 Å². The maximum absolute atomic E-state index is 6.86. The van der Waals surface area contributed by atoms with E-state index in [1.165, 1.54) is 54.4 Å². The van der Waals surface area contributed by atoms with E-state index in [-0.39, 0.29) is 0 Å². The van der Waals surface area contributed by atoms with Crippen molar-refractivity contribution in [3.05, 3.63) is 182 Å². The van der Waals surface area contributed by atoms with Crippen LogP contribution >= 0.6 is 0 Å². The first kappa shape index (κ1) is 29.4. The van der Waals surface area contributed by atoms with Crippen LogP contribution in [0.4, 0.5) is 0 Å². The molecular formula is C52H30O2. The van der Waals surface area contributed by atoms with Gasteiger partial charge in [-0.3, -0.25) is 0 Å². The van der Waals surface area contributed by atoms with Gasteiger partial charge in [0.05, 0.1) is 0 Å². The fourth-order valence-electron chi connectivity index (χ4n) is 8.93. The summed E-state index contributed by atoms with van der Waals surface area (Å²) < 4.78 is 13.4. The second-order valence-corrected chi connectivity index (χ2v) is 14.4. The van der Waals surface area contributed by atoms with Gasteiger partial charge in [-0.1, -0.05) is 133 Å². The molecule has 0 aliphatic carbocycles. The minimum absolute atomic E-state index is 0.865. The van der Waals surface area contributed by atoms with Gasteiger partial charge in [-0.2, -0.15) is 0 Å². The topological polar surface area (TPSA) is 26.3 Å². The average molecular weight is 687 g/mol. The van der Waals surface area contributed by atoms with Gasteiger partial charge in [0.25, 0.3) is 0 Å². The molecule has 2 aromatic heterocycles. The minimum Gasteiger partial charge on any atom is -0.456 e. The first-order chi connectivity index (χ1) is 26.7. The Labute approximate surface area is 310 Å². The van der Waals surface area contributed by atoms with E-state index in [0.29, 0.717) is 0 Å². The molecule has 0 atom stereocenters. The summed E-state index contributed by atoms with van der Waals surface area (Å²) in [7, 11) is 0. The van der Waals surface area contributed by atoms with Crippen molar-refractivity contribution < 1.29 is 8.83 Å². The number of rotatable bonds is 3. The van der Waals surface area contributed by atoms with Gasteiger partial charge in [-0.25, -0.2) is 0 Å². The van der Waals surface area contributed by atoms with Gasteiger partial charge in [0.2, 0.25) is 0 Å². The van der Waals surface area contributed by atoms with E-state index in [9.17, 15) is 0 Å². The van der Waals surface area contributed by atoms with Crippen molar-refractivity contribution in [2.45, 2.75) is 0 Å². The third-order valence-corrected chi connectivity index (χ3v) is 11.4. The molecule has 0 unspecified atom stereocenters. The van der Waals surface area contributed by atoms with Gasteiger partial charge in [0, 0.05) is 21.5 Å². The molecule has 250 valence electrons. The molecule has 12 rings (SSSR count). The van der Waals surface area contributed by atoms with Crippen molar-refractivity contribution in [2.75, 3.05) is 0 Å². The Kier molecular flexibility index (Phi) is 6.09. The lowest BCUT2D eigenvalue weighted by Gasteiger charge is -2.19. The monoisotopic (exact) mass is 686 g/mol. The van der Waals surface area contributed by atoms with E-state index >= 15 is 0 Å². The first-order valence-corrected chi connectivity index (χ1v) is 18.5. The van der Waals surface area contributed by atoms with Gasteiger partial charge in [0.1, 0.15) is 22.3 Å². The van der Waals surface area contributed by atoms with Crippen molar-refractivity contribution in [1.82, 2.24) is 0 Å². The first-order valence-electron chi connectivity index (χ1n) is 18.5. The molecule has 2 heteroatoms. The molecular weight excluding hydrogens is 657 g/mol.